The topological polar surface area (TPSA) is 29.5 Å². The predicted octanol–water partition coefficient (Wildman–Crippen LogP) is 2.08. The van der Waals surface area contributed by atoms with Gasteiger partial charge in [-0.2, -0.15) is 0 Å². The van der Waals surface area contributed by atoms with E-state index in [4.69, 9.17) is 4.74 Å². The lowest BCUT2D eigenvalue weighted by molar-refractivity contribution is 0.0630. The van der Waals surface area contributed by atoms with Crippen LogP contribution in [0.3, 0.4) is 0 Å². The number of amides is 1. The molecule has 1 aliphatic heterocycles. The summed E-state index contributed by atoms with van der Waals surface area (Å²) >= 11 is 0. The molecule has 1 amide bonds. The first-order chi connectivity index (χ1) is 8.22. The molecule has 1 unspecified atom stereocenters. The maximum absolute atomic E-state index is 12.8. The summed E-state index contributed by atoms with van der Waals surface area (Å²) in [5.41, 5.74) is 0.536. The lowest BCUT2D eigenvalue weighted by Gasteiger charge is -2.24. The molecule has 0 saturated carbocycles. The monoisotopic (exact) mass is 237 g/mol. The van der Waals surface area contributed by atoms with E-state index >= 15 is 0 Å². The number of nitrogens with zero attached hydrogens (tertiary/aromatic N) is 1. The van der Waals surface area contributed by atoms with Gasteiger partial charge in [-0.1, -0.05) is 0 Å². The van der Waals surface area contributed by atoms with Crippen LogP contribution in [0.1, 0.15) is 23.2 Å². The zero-order valence-electron chi connectivity index (χ0n) is 9.86. The summed E-state index contributed by atoms with van der Waals surface area (Å²) in [6.07, 6.45) is 1.97. The van der Waals surface area contributed by atoms with E-state index in [1.54, 1.807) is 7.11 Å². The minimum atomic E-state index is -0.323. The summed E-state index contributed by atoms with van der Waals surface area (Å²) in [5, 5.41) is 0. The van der Waals surface area contributed by atoms with Gasteiger partial charge >= 0.3 is 0 Å². The average Bonchev–Trinajstić information content (AvgIpc) is 2.78. The number of hydrogen-bond donors (Lipinski definition) is 0. The third kappa shape index (κ3) is 2.64. The molecule has 1 fully saturated rings. The second-order valence-electron chi connectivity index (χ2n) is 4.26. The van der Waals surface area contributed by atoms with Crippen LogP contribution in [0.15, 0.2) is 24.3 Å². The molecule has 0 aliphatic carbocycles. The summed E-state index contributed by atoms with van der Waals surface area (Å²) in [7, 11) is 1.64. The van der Waals surface area contributed by atoms with Crippen molar-refractivity contribution in [3.05, 3.63) is 35.6 Å². The van der Waals surface area contributed by atoms with Gasteiger partial charge in [0.05, 0.1) is 12.6 Å². The van der Waals surface area contributed by atoms with Gasteiger partial charge in [0.1, 0.15) is 5.82 Å². The van der Waals surface area contributed by atoms with E-state index in [0.29, 0.717) is 12.2 Å². The molecule has 0 radical (unpaired) electrons. The average molecular weight is 237 g/mol. The van der Waals surface area contributed by atoms with Crippen LogP contribution in [0, 0.1) is 5.82 Å². The molecule has 92 valence electrons. The minimum Gasteiger partial charge on any atom is -0.383 e. The highest BCUT2D eigenvalue weighted by molar-refractivity contribution is 5.94. The Morgan fingerprint density at radius 1 is 1.47 bits per heavy atom. The number of carbonyl (C=O) groups is 1. The van der Waals surface area contributed by atoms with E-state index in [2.05, 4.69) is 0 Å². The standard InChI is InChI=1S/C13H16FNO2/c1-17-9-12-3-2-8-15(12)13(16)10-4-6-11(14)7-5-10/h4-7,12H,2-3,8-9H2,1H3. The van der Waals surface area contributed by atoms with Gasteiger partial charge < -0.3 is 9.64 Å². The van der Waals surface area contributed by atoms with Gasteiger partial charge in [0, 0.05) is 19.2 Å². The number of hydrogen-bond acceptors (Lipinski definition) is 2. The van der Waals surface area contributed by atoms with Gasteiger partial charge in [0.15, 0.2) is 0 Å². The molecular weight excluding hydrogens is 221 g/mol. The van der Waals surface area contributed by atoms with E-state index in [1.165, 1.54) is 24.3 Å². The van der Waals surface area contributed by atoms with Crippen LogP contribution < -0.4 is 0 Å². The maximum atomic E-state index is 12.8. The van der Waals surface area contributed by atoms with Crippen molar-refractivity contribution in [2.75, 3.05) is 20.3 Å². The molecule has 0 N–H and O–H groups in total. The summed E-state index contributed by atoms with van der Waals surface area (Å²) in [6, 6.07) is 5.83. The molecule has 1 atom stereocenters. The molecule has 17 heavy (non-hydrogen) atoms. The largest absolute Gasteiger partial charge is 0.383 e. The third-order valence-electron chi connectivity index (χ3n) is 3.09. The number of rotatable bonds is 3. The normalized spacial score (nSPS) is 19.6. The molecule has 1 aromatic rings. The van der Waals surface area contributed by atoms with E-state index < -0.39 is 0 Å². The van der Waals surface area contributed by atoms with E-state index in [0.717, 1.165) is 19.4 Å². The van der Waals surface area contributed by atoms with Gasteiger partial charge in [0.2, 0.25) is 0 Å². The molecule has 0 spiro atoms. The zero-order valence-corrected chi connectivity index (χ0v) is 9.86. The highest BCUT2D eigenvalue weighted by atomic mass is 19.1. The predicted molar refractivity (Wildman–Crippen MR) is 62.3 cm³/mol. The summed E-state index contributed by atoms with van der Waals surface area (Å²) < 4.78 is 17.9. The van der Waals surface area contributed by atoms with Crippen molar-refractivity contribution >= 4 is 5.91 Å². The van der Waals surface area contributed by atoms with Crippen LogP contribution >= 0.6 is 0 Å². The van der Waals surface area contributed by atoms with Crippen molar-refractivity contribution in [2.45, 2.75) is 18.9 Å². The van der Waals surface area contributed by atoms with Gasteiger partial charge in [-0.05, 0) is 37.1 Å². The maximum Gasteiger partial charge on any atom is 0.254 e. The van der Waals surface area contributed by atoms with Crippen LogP contribution in [-0.4, -0.2) is 37.1 Å². The van der Waals surface area contributed by atoms with Gasteiger partial charge in [-0.3, -0.25) is 4.79 Å². The van der Waals surface area contributed by atoms with Crippen molar-refractivity contribution in [1.82, 2.24) is 4.90 Å². The van der Waals surface area contributed by atoms with Gasteiger partial charge in [0.25, 0.3) is 5.91 Å². The Morgan fingerprint density at radius 3 is 2.82 bits per heavy atom. The molecule has 1 aliphatic rings. The van der Waals surface area contributed by atoms with Crippen LogP contribution in [0.2, 0.25) is 0 Å². The molecule has 1 heterocycles. The van der Waals surface area contributed by atoms with Crippen molar-refractivity contribution in [3.8, 4) is 0 Å². The van der Waals surface area contributed by atoms with E-state index in [9.17, 15) is 9.18 Å². The van der Waals surface area contributed by atoms with Crippen molar-refractivity contribution in [2.24, 2.45) is 0 Å². The first-order valence-corrected chi connectivity index (χ1v) is 5.78. The molecule has 3 nitrogen and oxygen atoms in total. The first-order valence-electron chi connectivity index (χ1n) is 5.78. The first kappa shape index (κ1) is 12.0. The number of carbonyl (C=O) groups excluding carboxylic acids is 1. The Kier molecular flexibility index (Phi) is 3.74. The number of likely N-dealkylation sites (tertiary alicyclic amines) is 1. The zero-order chi connectivity index (χ0) is 12.3. The summed E-state index contributed by atoms with van der Waals surface area (Å²) in [6.45, 7) is 1.32. The number of ether oxygens (including phenoxy) is 1. The van der Waals surface area contributed by atoms with E-state index in [1.807, 2.05) is 4.90 Å². The third-order valence-corrected chi connectivity index (χ3v) is 3.09. The molecule has 2 rings (SSSR count). The van der Waals surface area contributed by atoms with Crippen LogP contribution in [0.25, 0.3) is 0 Å². The number of methoxy groups -OCH3 is 1. The lowest BCUT2D eigenvalue weighted by atomic mass is 10.1. The highest BCUT2D eigenvalue weighted by Crippen LogP contribution is 2.20. The van der Waals surface area contributed by atoms with Crippen molar-refractivity contribution in [3.63, 3.8) is 0 Å². The Labute approximate surface area is 100 Å². The number of halogens is 1. The van der Waals surface area contributed by atoms with Crippen LogP contribution in [0.4, 0.5) is 4.39 Å². The number of benzene rings is 1. The van der Waals surface area contributed by atoms with Crippen molar-refractivity contribution in [1.29, 1.82) is 0 Å². The Bertz CT molecular complexity index is 391. The molecule has 1 saturated heterocycles. The van der Waals surface area contributed by atoms with Crippen molar-refractivity contribution < 1.29 is 13.9 Å². The second-order valence-corrected chi connectivity index (χ2v) is 4.26. The fourth-order valence-electron chi connectivity index (χ4n) is 2.23. The fourth-order valence-corrected chi connectivity index (χ4v) is 2.23. The lowest BCUT2D eigenvalue weighted by Crippen LogP contribution is -2.38. The Hall–Kier alpha value is -1.42. The molecule has 0 bridgehead atoms. The summed E-state index contributed by atoms with van der Waals surface area (Å²) in [5.74, 6) is -0.360. The van der Waals surface area contributed by atoms with Gasteiger partial charge in [-0.15, -0.1) is 0 Å². The summed E-state index contributed by atoms with van der Waals surface area (Å²) in [4.78, 5) is 14.0. The smallest absolute Gasteiger partial charge is 0.254 e. The second kappa shape index (κ2) is 5.27. The quantitative estimate of drug-likeness (QED) is 0.805. The molecule has 4 heteroatoms. The SMILES string of the molecule is COCC1CCCN1C(=O)c1ccc(F)cc1. The molecule has 1 aromatic carbocycles. The fraction of sp³-hybridized carbons (Fsp3) is 0.462. The van der Waals surface area contributed by atoms with Crippen LogP contribution in [-0.2, 0) is 4.74 Å². The minimum absolute atomic E-state index is 0.0375. The molecular formula is C13H16FNO2. The van der Waals surface area contributed by atoms with Gasteiger partial charge in [-0.25, -0.2) is 4.39 Å². The highest BCUT2D eigenvalue weighted by Gasteiger charge is 2.29. The Balaban J connectivity index is 2.11. The van der Waals surface area contributed by atoms with Crippen LogP contribution in [0.5, 0.6) is 0 Å². The molecule has 0 aromatic heterocycles. The van der Waals surface area contributed by atoms with E-state index in [-0.39, 0.29) is 17.8 Å². The Morgan fingerprint density at radius 2 is 2.18 bits per heavy atom.